The third-order valence-corrected chi connectivity index (χ3v) is 17.7. The molecule has 0 unspecified atom stereocenters. The maximum Gasteiger partial charge on any atom is 0.264 e. The van der Waals surface area contributed by atoms with Gasteiger partial charge in [0.25, 0.3) is 6.71 Å². The van der Waals surface area contributed by atoms with E-state index in [9.17, 15) is 0 Å². The molecule has 6 heteroatoms. The van der Waals surface area contributed by atoms with Crippen molar-refractivity contribution in [3.63, 3.8) is 0 Å². The summed E-state index contributed by atoms with van der Waals surface area (Å²) in [5, 5.41) is 3.49. The number of benzene rings is 9. The van der Waals surface area contributed by atoms with Crippen LogP contribution in [0.2, 0.25) is 0 Å². The molecule has 2 aliphatic rings. The number of hydrogen-bond acceptors (Lipinski definition) is 5. The summed E-state index contributed by atoms with van der Waals surface area (Å²) in [5.74, 6) is 0. The van der Waals surface area contributed by atoms with Gasteiger partial charge in [0, 0.05) is 65.4 Å². The normalized spacial score (nSPS) is 13.6. The molecule has 386 valence electrons. The van der Waals surface area contributed by atoms with Gasteiger partial charge >= 0.3 is 0 Å². The second kappa shape index (κ2) is 17.9. The molecule has 4 nitrogen and oxygen atoms in total. The van der Waals surface area contributed by atoms with Crippen molar-refractivity contribution in [3.05, 3.63) is 216 Å². The zero-order chi connectivity index (χ0) is 54.2. The highest BCUT2D eigenvalue weighted by atomic mass is 32.1. The van der Waals surface area contributed by atoms with Crippen molar-refractivity contribution in [2.24, 2.45) is 0 Å². The van der Waals surface area contributed by atoms with Crippen molar-refractivity contribution in [1.82, 2.24) is 0 Å². The molecular weight excluding hydrogens is 966 g/mol. The Morgan fingerprint density at radius 2 is 0.949 bits per heavy atom. The van der Waals surface area contributed by atoms with Crippen LogP contribution in [0.5, 0.6) is 0 Å². The van der Waals surface area contributed by atoms with Gasteiger partial charge in [-0.1, -0.05) is 192 Å². The number of anilines is 9. The second-order valence-corrected chi connectivity index (χ2v) is 27.0. The number of nitrogens with zero attached hydrogens (tertiary/aromatic N) is 3. The molecular formula is C72H68BN3OS. The molecule has 2 aliphatic heterocycles. The Balaban J connectivity index is 1.15. The second-order valence-electron chi connectivity index (χ2n) is 25.9. The third kappa shape index (κ3) is 8.25. The molecule has 13 rings (SSSR count). The molecule has 0 atom stereocenters. The van der Waals surface area contributed by atoms with Crippen LogP contribution < -0.4 is 30.4 Å². The van der Waals surface area contributed by atoms with Crippen LogP contribution in [0.4, 0.5) is 51.2 Å². The fraction of sp³-hybridized carbons (Fsp3) is 0.222. The molecule has 11 aromatic rings. The van der Waals surface area contributed by atoms with Crippen LogP contribution >= 0.6 is 11.3 Å². The maximum absolute atomic E-state index is 7.08. The molecule has 0 saturated heterocycles. The van der Waals surface area contributed by atoms with E-state index in [1.165, 1.54) is 59.4 Å². The largest absolute Gasteiger partial charge is 0.454 e. The SMILES string of the molecule is CC(C)(C)c1ccc(N(c2ccc(C(C)(C)C)cc2)c2ccc3c(c2)N(c2cccc4c2oc2ccccc24)c2cc(-c4ccccc4)cc4c2B3c2sc3ccc(C(C)(C)C)cc3c2N4c2ccc(C(C)(C)C)cc2)cc1. The molecule has 4 heterocycles. The quantitative estimate of drug-likeness (QED) is 0.155. The lowest BCUT2D eigenvalue weighted by Crippen LogP contribution is -2.60. The number of thiophene rings is 1. The predicted octanol–water partition coefficient (Wildman–Crippen LogP) is 19.2. The number of fused-ring (bicyclic) bond motifs is 9. The highest BCUT2D eigenvalue weighted by Crippen LogP contribution is 2.52. The van der Waals surface area contributed by atoms with Crippen LogP contribution in [-0.2, 0) is 21.7 Å². The van der Waals surface area contributed by atoms with Gasteiger partial charge < -0.3 is 19.1 Å². The van der Waals surface area contributed by atoms with Crippen LogP contribution in [0.3, 0.4) is 0 Å². The van der Waals surface area contributed by atoms with Gasteiger partial charge in [0.15, 0.2) is 5.58 Å². The molecule has 9 aromatic carbocycles. The van der Waals surface area contributed by atoms with E-state index in [1.54, 1.807) is 0 Å². The lowest BCUT2D eigenvalue weighted by atomic mass is 9.36. The minimum atomic E-state index is -0.0869. The van der Waals surface area contributed by atoms with E-state index in [0.717, 1.165) is 72.9 Å². The molecule has 78 heavy (non-hydrogen) atoms. The summed E-state index contributed by atoms with van der Waals surface area (Å²) in [6, 6.07) is 73.4. The predicted molar refractivity (Wildman–Crippen MR) is 338 cm³/mol. The van der Waals surface area contributed by atoms with Gasteiger partial charge in [-0.15, -0.1) is 11.3 Å². The summed E-state index contributed by atoms with van der Waals surface area (Å²) in [4.78, 5) is 7.60. The fourth-order valence-electron chi connectivity index (χ4n) is 12.1. The zero-order valence-corrected chi connectivity index (χ0v) is 48.0. The summed E-state index contributed by atoms with van der Waals surface area (Å²) in [6.45, 7) is 27.5. The van der Waals surface area contributed by atoms with E-state index in [2.05, 4.69) is 292 Å². The van der Waals surface area contributed by atoms with Gasteiger partial charge in [-0.25, -0.2) is 0 Å². The van der Waals surface area contributed by atoms with Crippen molar-refractivity contribution >= 4 is 117 Å². The molecule has 0 amide bonds. The van der Waals surface area contributed by atoms with Crippen LogP contribution in [-0.4, -0.2) is 6.71 Å². The summed E-state index contributed by atoms with van der Waals surface area (Å²) < 4.78 is 9.71. The Kier molecular flexibility index (Phi) is 11.4. The van der Waals surface area contributed by atoms with Gasteiger partial charge in [-0.3, -0.25) is 0 Å². The first-order valence-electron chi connectivity index (χ1n) is 27.8. The average Bonchev–Trinajstić information content (AvgIpc) is 3.20. The molecule has 0 saturated carbocycles. The van der Waals surface area contributed by atoms with Crippen LogP contribution in [0.15, 0.2) is 199 Å². The average molecular weight is 1030 g/mol. The van der Waals surface area contributed by atoms with Gasteiger partial charge in [0.2, 0.25) is 0 Å². The van der Waals surface area contributed by atoms with Crippen molar-refractivity contribution < 1.29 is 4.42 Å². The lowest BCUT2D eigenvalue weighted by molar-refractivity contribution is 0.590. The Morgan fingerprint density at radius 3 is 1.56 bits per heavy atom. The van der Waals surface area contributed by atoms with Crippen LogP contribution in [0.25, 0.3) is 43.2 Å². The van der Waals surface area contributed by atoms with Gasteiger partial charge in [0.05, 0.1) is 11.4 Å². The summed E-state index contributed by atoms with van der Waals surface area (Å²) in [5.41, 5.74) is 22.0. The molecule has 0 spiro atoms. The first-order valence-corrected chi connectivity index (χ1v) is 28.6. The number of hydrogen-bond donors (Lipinski definition) is 0. The Labute approximate surface area is 465 Å². The molecule has 0 fully saturated rings. The standard InChI is InChI=1S/C72H68BN3OS/c1-69(2,3)47-25-32-51(33-26-47)74(52-34-27-48(28-35-52)70(4,5)6)54-38-39-58-60(44-54)76(59-23-18-22-56-55-21-16-17-24-63(55)77-67(56)59)62-42-46(45-19-14-13-15-20-45)41-61-65(62)73(58)68-66(57-43-50(72(10,11)12)31-40-64(57)78-68)75(61)53-36-29-49(30-37-53)71(7,8)9/h13-44H,1-12H3. The molecule has 2 aromatic heterocycles. The van der Waals surface area contributed by atoms with Gasteiger partial charge in [-0.05, 0) is 151 Å². The van der Waals surface area contributed by atoms with Crippen molar-refractivity contribution in [3.8, 4) is 11.1 Å². The topological polar surface area (TPSA) is 22.9 Å². The summed E-state index contributed by atoms with van der Waals surface area (Å²) in [6.07, 6.45) is 0. The third-order valence-electron chi connectivity index (χ3n) is 16.5. The first kappa shape index (κ1) is 49.8. The highest BCUT2D eigenvalue weighted by molar-refractivity contribution is 7.33. The van der Waals surface area contributed by atoms with E-state index in [-0.39, 0.29) is 28.4 Å². The van der Waals surface area contributed by atoms with E-state index in [4.69, 9.17) is 4.42 Å². The van der Waals surface area contributed by atoms with Crippen LogP contribution in [0.1, 0.15) is 105 Å². The van der Waals surface area contributed by atoms with Crippen molar-refractivity contribution in [2.45, 2.75) is 105 Å². The molecule has 0 aliphatic carbocycles. The highest BCUT2D eigenvalue weighted by Gasteiger charge is 2.46. The number of rotatable bonds is 6. The molecule has 0 bridgehead atoms. The zero-order valence-electron chi connectivity index (χ0n) is 47.2. The maximum atomic E-state index is 7.08. The van der Waals surface area contributed by atoms with E-state index >= 15 is 0 Å². The van der Waals surface area contributed by atoms with E-state index in [0.29, 0.717) is 0 Å². The summed E-state index contributed by atoms with van der Waals surface area (Å²) >= 11 is 1.95. The number of furan rings is 1. The Hall–Kier alpha value is -7.80. The summed E-state index contributed by atoms with van der Waals surface area (Å²) in [7, 11) is 0. The monoisotopic (exact) mass is 1030 g/mol. The smallest absolute Gasteiger partial charge is 0.264 e. The minimum absolute atomic E-state index is 0.00182. The lowest BCUT2D eigenvalue weighted by Gasteiger charge is -2.44. The van der Waals surface area contributed by atoms with Crippen molar-refractivity contribution in [2.75, 3.05) is 14.7 Å². The van der Waals surface area contributed by atoms with Crippen molar-refractivity contribution in [1.29, 1.82) is 0 Å². The minimum Gasteiger partial charge on any atom is -0.454 e. The Bertz CT molecular complexity index is 4060. The first-order chi connectivity index (χ1) is 37.2. The van der Waals surface area contributed by atoms with Crippen LogP contribution in [0, 0.1) is 0 Å². The Morgan fingerprint density at radius 1 is 0.410 bits per heavy atom. The van der Waals surface area contributed by atoms with Gasteiger partial charge in [-0.2, -0.15) is 0 Å². The molecule has 0 radical (unpaired) electrons. The van der Waals surface area contributed by atoms with Gasteiger partial charge in [0.1, 0.15) is 5.58 Å². The van der Waals surface area contributed by atoms with E-state index < -0.39 is 0 Å². The number of para-hydroxylation sites is 2. The molecule has 0 N–H and O–H groups in total. The fourth-order valence-corrected chi connectivity index (χ4v) is 13.4. The van der Waals surface area contributed by atoms with E-state index in [1.807, 2.05) is 11.3 Å².